The molecule has 1 aromatic rings. The van der Waals surface area contributed by atoms with Crippen LogP contribution in [0.1, 0.15) is 19.4 Å². The molecule has 0 aromatic heterocycles. The molecular weight excluding hydrogens is 200 g/mol. The van der Waals surface area contributed by atoms with Crippen molar-refractivity contribution in [2.75, 3.05) is 13.2 Å². The summed E-state index contributed by atoms with van der Waals surface area (Å²) in [4.78, 5) is 0. The highest BCUT2D eigenvalue weighted by atomic mass is 16.7. The van der Waals surface area contributed by atoms with Gasteiger partial charge in [0, 0.05) is 19.3 Å². The van der Waals surface area contributed by atoms with Crippen LogP contribution in [0.3, 0.4) is 0 Å². The van der Waals surface area contributed by atoms with E-state index in [2.05, 4.69) is 5.73 Å². The second kappa shape index (κ2) is 7.89. The maximum atomic E-state index is 5.36. The Morgan fingerprint density at radius 3 is 2.31 bits per heavy atom. The lowest BCUT2D eigenvalue weighted by Gasteiger charge is -2.10. The third kappa shape index (κ3) is 4.94. The van der Waals surface area contributed by atoms with E-state index in [1.54, 1.807) is 6.08 Å². The zero-order chi connectivity index (χ0) is 11.6. The zero-order valence-electron chi connectivity index (χ0n) is 9.85. The van der Waals surface area contributed by atoms with Crippen molar-refractivity contribution >= 4 is 6.08 Å². The van der Waals surface area contributed by atoms with Gasteiger partial charge in [0.05, 0.1) is 0 Å². The van der Waals surface area contributed by atoms with Crippen LogP contribution < -0.4 is 0 Å². The Kier molecular flexibility index (Phi) is 6.28. The fraction of sp³-hybridized carbons (Fsp3) is 0.357. The maximum Gasteiger partial charge on any atom is 0.184 e. The first-order valence-electron chi connectivity index (χ1n) is 5.57. The van der Waals surface area contributed by atoms with Crippen LogP contribution in [0.2, 0.25) is 0 Å². The highest BCUT2D eigenvalue weighted by Crippen LogP contribution is 2.01. The van der Waals surface area contributed by atoms with Gasteiger partial charge in [0.2, 0.25) is 0 Å². The van der Waals surface area contributed by atoms with Gasteiger partial charge in [-0.2, -0.15) is 0 Å². The minimum atomic E-state index is -0.296. The molecule has 1 rings (SSSR count). The van der Waals surface area contributed by atoms with Crippen LogP contribution in [-0.4, -0.2) is 19.5 Å². The van der Waals surface area contributed by atoms with E-state index in [1.165, 1.54) is 0 Å². The van der Waals surface area contributed by atoms with Crippen molar-refractivity contribution in [2.24, 2.45) is 0 Å². The SMILES string of the molecule is CCOC(C=C=Cc1ccccc1)OCC. The molecule has 0 heterocycles. The van der Waals surface area contributed by atoms with E-state index in [0.29, 0.717) is 13.2 Å². The Balaban J connectivity index is 2.59. The second-order valence-corrected chi connectivity index (χ2v) is 3.17. The average Bonchev–Trinajstić information content (AvgIpc) is 2.31. The molecule has 0 saturated heterocycles. The molecule has 0 aliphatic rings. The predicted octanol–water partition coefficient (Wildman–Crippen LogP) is 3.25. The topological polar surface area (TPSA) is 18.5 Å². The van der Waals surface area contributed by atoms with Gasteiger partial charge < -0.3 is 9.47 Å². The molecular formula is C14H18O2. The highest BCUT2D eigenvalue weighted by molar-refractivity contribution is 5.47. The van der Waals surface area contributed by atoms with Crippen molar-refractivity contribution in [3.05, 3.63) is 47.7 Å². The first-order valence-corrected chi connectivity index (χ1v) is 5.57. The summed E-state index contributed by atoms with van der Waals surface area (Å²) in [5.41, 5.74) is 4.19. The largest absolute Gasteiger partial charge is 0.349 e. The Morgan fingerprint density at radius 2 is 1.75 bits per heavy atom. The molecule has 0 fully saturated rings. The van der Waals surface area contributed by atoms with Gasteiger partial charge in [-0.15, -0.1) is 5.73 Å². The smallest absolute Gasteiger partial charge is 0.184 e. The van der Waals surface area contributed by atoms with Gasteiger partial charge in [0.1, 0.15) is 0 Å². The third-order valence-corrected chi connectivity index (χ3v) is 1.94. The lowest BCUT2D eigenvalue weighted by molar-refractivity contribution is -0.103. The van der Waals surface area contributed by atoms with Gasteiger partial charge in [-0.25, -0.2) is 0 Å². The van der Waals surface area contributed by atoms with Crippen LogP contribution in [-0.2, 0) is 9.47 Å². The van der Waals surface area contributed by atoms with Crippen LogP contribution in [0.15, 0.2) is 42.1 Å². The average molecular weight is 218 g/mol. The van der Waals surface area contributed by atoms with E-state index in [9.17, 15) is 0 Å². The molecule has 2 heteroatoms. The molecule has 86 valence electrons. The van der Waals surface area contributed by atoms with E-state index in [-0.39, 0.29) is 6.29 Å². The fourth-order valence-electron chi connectivity index (χ4n) is 1.25. The molecule has 16 heavy (non-hydrogen) atoms. The number of rotatable bonds is 6. The van der Waals surface area contributed by atoms with Gasteiger partial charge in [-0.05, 0) is 25.5 Å². The number of hydrogen-bond donors (Lipinski definition) is 0. The lowest BCUT2D eigenvalue weighted by atomic mass is 10.2. The molecule has 0 aliphatic carbocycles. The molecule has 0 aliphatic heterocycles. The molecule has 0 amide bonds. The minimum absolute atomic E-state index is 0.296. The van der Waals surface area contributed by atoms with Crippen LogP contribution in [0.4, 0.5) is 0 Å². The Bertz CT molecular complexity index is 331. The predicted molar refractivity (Wildman–Crippen MR) is 66.0 cm³/mol. The highest BCUT2D eigenvalue weighted by Gasteiger charge is 2.00. The van der Waals surface area contributed by atoms with Crippen molar-refractivity contribution in [1.29, 1.82) is 0 Å². The normalized spacial score (nSPS) is 9.94. The van der Waals surface area contributed by atoms with Crippen LogP contribution in [0, 0.1) is 0 Å². The van der Waals surface area contributed by atoms with E-state index >= 15 is 0 Å². The summed E-state index contributed by atoms with van der Waals surface area (Å²) >= 11 is 0. The maximum absolute atomic E-state index is 5.36. The van der Waals surface area contributed by atoms with E-state index in [1.807, 2.05) is 50.3 Å². The minimum Gasteiger partial charge on any atom is -0.349 e. The quantitative estimate of drug-likeness (QED) is 0.539. The standard InChI is InChI=1S/C14H18O2/c1-3-15-14(16-4-2)12-8-11-13-9-6-5-7-10-13/h5-7,9-12,14H,3-4H2,1-2H3. The summed E-state index contributed by atoms with van der Waals surface area (Å²) < 4.78 is 10.7. The zero-order valence-corrected chi connectivity index (χ0v) is 9.85. The first-order chi connectivity index (χ1) is 7.86. The number of benzene rings is 1. The van der Waals surface area contributed by atoms with E-state index in [4.69, 9.17) is 9.47 Å². The van der Waals surface area contributed by atoms with Crippen LogP contribution in [0.25, 0.3) is 6.08 Å². The van der Waals surface area contributed by atoms with Gasteiger partial charge in [-0.3, -0.25) is 0 Å². The summed E-state index contributed by atoms with van der Waals surface area (Å²) in [6.45, 7) is 5.16. The summed E-state index contributed by atoms with van der Waals surface area (Å²) in [6, 6.07) is 10.0. The van der Waals surface area contributed by atoms with Gasteiger partial charge in [0.15, 0.2) is 6.29 Å². The monoisotopic (exact) mass is 218 g/mol. The van der Waals surface area contributed by atoms with Crippen molar-refractivity contribution < 1.29 is 9.47 Å². The lowest BCUT2D eigenvalue weighted by Crippen LogP contribution is -2.13. The molecule has 0 atom stereocenters. The summed E-state index contributed by atoms with van der Waals surface area (Å²) in [5.74, 6) is 0. The van der Waals surface area contributed by atoms with Crippen molar-refractivity contribution in [1.82, 2.24) is 0 Å². The Labute approximate surface area is 97.2 Å². The number of hydrogen-bond acceptors (Lipinski definition) is 2. The van der Waals surface area contributed by atoms with Crippen LogP contribution >= 0.6 is 0 Å². The summed E-state index contributed by atoms with van der Waals surface area (Å²) in [6.07, 6.45) is 3.40. The van der Waals surface area contributed by atoms with Crippen molar-refractivity contribution in [2.45, 2.75) is 20.1 Å². The molecule has 0 unspecified atom stereocenters. The van der Waals surface area contributed by atoms with Crippen LogP contribution in [0.5, 0.6) is 0 Å². The number of ether oxygens (including phenoxy) is 2. The second-order valence-electron chi connectivity index (χ2n) is 3.17. The van der Waals surface area contributed by atoms with E-state index < -0.39 is 0 Å². The molecule has 2 nitrogen and oxygen atoms in total. The van der Waals surface area contributed by atoms with Gasteiger partial charge in [0.25, 0.3) is 0 Å². The molecule has 0 spiro atoms. The fourth-order valence-corrected chi connectivity index (χ4v) is 1.25. The molecule has 1 aromatic carbocycles. The molecule has 0 N–H and O–H groups in total. The summed E-state index contributed by atoms with van der Waals surface area (Å²) in [5, 5.41) is 0. The summed E-state index contributed by atoms with van der Waals surface area (Å²) in [7, 11) is 0. The van der Waals surface area contributed by atoms with Gasteiger partial charge in [-0.1, -0.05) is 30.3 Å². The van der Waals surface area contributed by atoms with Crippen molar-refractivity contribution in [3.8, 4) is 0 Å². The molecule has 0 bridgehead atoms. The third-order valence-electron chi connectivity index (χ3n) is 1.94. The van der Waals surface area contributed by atoms with E-state index in [0.717, 1.165) is 5.56 Å². The Morgan fingerprint density at radius 1 is 1.12 bits per heavy atom. The van der Waals surface area contributed by atoms with Crippen molar-refractivity contribution in [3.63, 3.8) is 0 Å². The Hall–Kier alpha value is -1.34. The molecule has 0 radical (unpaired) electrons. The molecule has 0 saturated carbocycles. The van der Waals surface area contributed by atoms with Gasteiger partial charge >= 0.3 is 0 Å². The first kappa shape index (κ1) is 12.7.